The summed E-state index contributed by atoms with van der Waals surface area (Å²) in [7, 11) is 0. The maximum atomic E-state index is 12.7. The molecule has 2 unspecified atom stereocenters. The number of nitrogens with zero attached hydrogens (tertiary/aromatic N) is 1. The van der Waals surface area contributed by atoms with Crippen LogP contribution in [-0.4, -0.2) is 52.3 Å². The van der Waals surface area contributed by atoms with E-state index < -0.39 is 35.7 Å². The molecule has 0 aliphatic carbocycles. The standard InChI is InChI=1S/C20H29NO6/c1-6-26-18(24)16(13-12-15-10-8-7-9-11-15)21(14(2)17(22)23)19(25)27-20(3,4)5/h7-11,14,16H,6,12-13H2,1-5H3,(H,22,23). The molecule has 0 spiro atoms. The van der Waals surface area contributed by atoms with Gasteiger partial charge in [0.25, 0.3) is 0 Å². The Morgan fingerprint density at radius 1 is 1.15 bits per heavy atom. The lowest BCUT2D eigenvalue weighted by molar-refractivity contribution is -0.154. The number of benzene rings is 1. The minimum atomic E-state index is -1.25. The second-order valence-corrected chi connectivity index (χ2v) is 7.19. The number of carboxylic acids is 1. The molecular weight excluding hydrogens is 350 g/mol. The molecule has 7 nitrogen and oxygen atoms in total. The van der Waals surface area contributed by atoms with Crippen molar-refractivity contribution in [2.24, 2.45) is 0 Å². The number of amides is 1. The summed E-state index contributed by atoms with van der Waals surface area (Å²) in [6.07, 6.45) is -0.154. The van der Waals surface area contributed by atoms with Crippen molar-refractivity contribution in [2.75, 3.05) is 6.61 Å². The molecule has 1 N–H and O–H groups in total. The van der Waals surface area contributed by atoms with Crippen molar-refractivity contribution in [3.05, 3.63) is 35.9 Å². The number of aryl methyl sites for hydroxylation is 1. The summed E-state index contributed by atoms with van der Waals surface area (Å²) in [5.41, 5.74) is 0.144. The quantitative estimate of drug-likeness (QED) is 0.697. The zero-order chi connectivity index (χ0) is 20.6. The molecule has 0 aromatic heterocycles. The average Bonchev–Trinajstić information content (AvgIpc) is 2.57. The van der Waals surface area contributed by atoms with Crippen LogP contribution >= 0.6 is 0 Å². The Hall–Kier alpha value is -2.57. The number of hydrogen-bond acceptors (Lipinski definition) is 5. The van der Waals surface area contributed by atoms with E-state index in [9.17, 15) is 19.5 Å². The molecule has 1 amide bonds. The highest BCUT2D eigenvalue weighted by atomic mass is 16.6. The van der Waals surface area contributed by atoms with Gasteiger partial charge in [0.1, 0.15) is 17.7 Å². The minimum Gasteiger partial charge on any atom is -0.480 e. The molecule has 27 heavy (non-hydrogen) atoms. The van der Waals surface area contributed by atoms with Crippen molar-refractivity contribution in [1.82, 2.24) is 4.90 Å². The fraction of sp³-hybridized carbons (Fsp3) is 0.550. The minimum absolute atomic E-state index is 0.129. The van der Waals surface area contributed by atoms with Gasteiger partial charge in [-0.2, -0.15) is 0 Å². The average molecular weight is 379 g/mol. The molecule has 0 saturated heterocycles. The van der Waals surface area contributed by atoms with E-state index in [4.69, 9.17) is 9.47 Å². The van der Waals surface area contributed by atoms with Gasteiger partial charge in [-0.3, -0.25) is 4.90 Å². The van der Waals surface area contributed by atoms with Crippen molar-refractivity contribution < 1.29 is 29.0 Å². The maximum absolute atomic E-state index is 12.7. The van der Waals surface area contributed by atoms with Crippen LogP contribution in [0, 0.1) is 0 Å². The third-order valence-electron chi connectivity index (χ3n) is 3.82. The number of carbonyl (C=O) groups excluding carboxylic acids is 2. The van der Waals surface area contributed by atoms with E-state index >= 15 is 0 Å². The van der Waals surface area contributed by atoms with Gasteiger partial charge in [0.2, 0.25) is 0 Å². The highest BCUT2D eigenvalue weighted by Crippen LogP contribution is 2.20. The van der Waals surface area contributed by atoms with E-state index in [2.05, 4.69) is 0 Å². The molecule has 2 atom stereocenters. The van der Waals surface area contributed by atoms with Crippen LogP contribution < -0.4 is 0 Å². The third-order valence-corrected chi connectivity index (χ3v) is 3.82. The van der Waals surface area contributed by atoms with E-state index in [-0.39, 0.29) is 13.0 Å². The first kappa shape index (κ1) is 22.5. The first-order chi connectivity index (χ1) is 12.6. The van der Waals surface area contributed by atoms with Crippen LogP contribution in [0.15, 0.2) is 30.3 Å². The molecule has 150 valence electrons. The maximum Gasteiger partial charge on any atom is 0.411 e. The monoisotopic (exact) mass is 379 g/mol. The summed E-state index contributed by atoms with van der Waals surface area (Å²) in [5, 5.41) is 9.44. The molecule has 0 heterocycles. The van der Waals surface area contributed by atoms with Crippen LogP contribution in [0.2, 0.25) is 0 Å². The predicted molar refractivity (Wildman–Crippen MR) is 100 cm³/mol. The summed E-state index contributed by atoms with van der Waals surface area (Å²) >= 11 is 0. The van der Waals surface area contributed by atoms with Crippen LogP contribution in [0.5, 0.6) is 0 Å². The highest BCUT2D eigenvalue weighted by molar-refractivity contribution is 5.86. The topological polar surface area (TPSA) is 93.1 Å². The summed E-state index contributed by atoms with van der Waals surface area (Å²) in [5.74, 6) is -1.87. The lowest BCUT2D eigenvalue weighted by Crippen LogP contribution is -2.54. The van der Waals surface area contributed by atoms with Crippen molar-refractivity contribution in [1.29, 1.82) is 0 Å². The summed E-state index contributed by atoms with van der Waals surface area (Å²) < 4.78 is 10.5. The Morgan fingerprint density at radius 2 is 1.74 bits per heavy atom. The smallest absolute Gasteiger partial charge is 0.411 e. The first-order valence-corrected chi connectivity index (χ1v) is 9.01. The van der Waals surface area contributed by atoms with Crippen LogP contribution in [0.1, 0.15) is 46.6 Å². The molecule has 1 aromatic rings. The largest absolute Gasteiger partial charge is 0.480 e. The summed E-state index contributed by atoms with van der Waals surface area (Å²) in [6, 6.07) is 7.13. The number of esters is 1. The zero-order valence-electron chi connectivity index (χ0n) is 16.6. The molecule has 0 aliphatic rings. The van der Waals surface area contributed by atoms with E-state index in [0.717, 1.165) is 10.5 Å². The van der Waals surface area contributed by atoms with E-state index in [1.807, 2.05) is 30.3 Å². The molecule has 1 aromatic carbocycles. The molecule has 0 saturated carbocycles. The molecule has 7 heteroatoms. The van der Waals surface area contributed by atoms with Crippen LogP contribution in [0.3, 0.4) is 0 Å². The number of aliphatic carboxylic acids is 1. The van der Waals surface area contributed by atoms with E-state index in [1.54, 1.807) is 27.7 Å². The Kier molecular flexibility index (Phi) is 8.28. The van der Waals surface area contributed by atoms with E-state index in [1.165, 1.54) is 6.92 Å². The number of hydrogen-bond donors (Lipinski definition) is 1. The lowest BCUT2D eigenvalue weighted by atomic mass is 10.0. The zero-order valence-corrected chi connectivity index (χ0v) is 16.6. The van der Waals surface area contributed by atoms with Gasteiger partial charge in [0.05, 0.1) is 6.61 Å². The SMILES string of the molecule is CCOC(=O)C(CCc1ccccc1)N(C(=O)OC(C)(C)C)C(C)C(=O)O. The highest BCUT2D eigenvalue weighted by Gasteiger charge is 2.39. The van der Waals surface area contributed by atoms with Gasteiger partial charge in [0.15, 0.2) is 0 Å². The number of carbonyl (C=O) groups is 3. The normalized spacial score (nSPS) is 13.4. The number of rotatable bonds is 8. The number of ether oxygens (including phenoxy) is 2. The second-order valence-electron chi connectivity index (χ2n) is 7.19. The molecule has 0 radical (unpaired) electrons. The first-order valence-electron chi connectivity index (χ1n) is 9.01. The van der Waals surface area contributed by atoms with Gasteiger partial charge in [-0.25, -0.2) is 14.4 Å². The Balaban J connectivity index is 3.16. The van der Waals surface area contributed by atoms with Gasteiger partial charge in [-0.05, 0) is 53.0 Å². The Morgan fingerprint density at radius 3 is 2.22 bits per heavy atom. The predicted octanol–water partition coefficient (Wildman–Crippen LogP) is 3.26. The fourth-order valence-electron chi connectivity index (χ4n) is 2.55. The second kappa shape index (κ2) is 9.94. The van der Waals surface area contributed by atoms with E-state index in [0.29, 0.717) is 6.42 Å². The van der Waals surface area contributed by atoms with Crippen molar-refractivity contribution >= 4 is 18.0 Å². The molecule has 0 bridgehead atoms. The molecule has 0 fully saturated rings. The Labute approximate surface area is 160 Å². The van der Waals surface area contributed by atoms with Crippen LogP contribution in [-0.2, 0) is 25.5 Å². The summed E-state index contributed by atoms with van der Waals surface area (Å²) in [6.45, 7) is 8.17. The third kappa shape index (κ3) is 7.29. The van der Waals surface area contributed by atoms with Gasteiger partial charge in [0, 0.05) is 0 Å². The molecule has 1 rings (SSSR count). The number of carboxylic acid groups (broad SMARTS) is 1. The van der Waals surface area contributed by atoms with Crippen molar-refractivity contribution in [3.63, 3.8) is 0 Å². The van der Waals surface area contributed by atoms with Gasteiger partial charge >= 0.3 is 18.0 Å². The van der Waals surface area contributed by atoms with Crippen molar-refractivity contribution in [3.8, 4) is 0 Å². The molecule has 0 aliphatic heterocycles. The van der Waals surface area contributed by atoms with Crippen LogP contribution in [0.25, 0.3) is 0 Å². The van der Waals surface area contributed by atoms with Gasteiger partial charge in [-0.1, -0.05) is 30.3 Å². The Bertz CT molecular complexity index is 638. The van der Waals surface area contributed by atoms with Gasteiger partial charge < -0.3 is 14.6 Å². The summed E-state index contributed by atoms with van der Waals surface area (Å²) in [4.78, 5) is 37.8. The van der Waals surface area contributed by atoms with Gasteiger partial charge in [-0.15, -0.1) is 0 Å². The van der Waals surface area contributed by atoms with Crippen LogP contribution in [0.4, 0.5) is 4.79 Å². The van der Waals surface area contributed by atoms with Crippen molar-refractivity contribution in [2.45, 2.75) is 65.1 Å². The lowest BCUT2D eigenvalue weighted by Gasteiger charge is -2.34. The molecular formula is C20H29NO6. The fourth-order valence-corrected chi connectivity index (χ4v) is 2.55.